The predicted octanol–water partition coefficient (Wildman–Crippen LogP) is 6.27. The zero-order valence-electron chi connectivity index (χ0n) is 25.5. The molecule has 0 aliphatic carbocycles. The second-order valence-electron chi connectivity index (χ2n) is 10.6. The Bertz CT molecular complexity index is 1660. The van der Waals surface area contributed by atoms with Gasteiger partial charge in [0.05, 0.1) is 42.2 Å². The van der Waals surface area contributed by atoms with Gasteiger partial charge in [-0.3, -0.25) is 15.4 Å². The first kappa shape index (κ1) is 33.9. The number of amides is 3. The number of aromatic nitrogens is 2. The van der Waals surface area contributed by atoms with Crippen LogP contribution < -0.4 is 10.6 Å². The molecule has 244 valence electrons. The zero-order valence-corrected chi connectivity index (χ0v) is 26.2. The number of benzene rings is 2. The summed E-state index contributed by atoms with van der Waals surface area (Å²) in [6.07, 6.45) is 2.00. The number of hydrogen-bond acceptors (Lipinski definition) is 8. The molecular weight excluding hydrogens is 623 g/mol. The van der Waals surface area contributed by atoms with E-state index in [4.69, 9.17) is 16.3 Å². The van der Waals surface area contributed by atoms with Gasteiger partial charge in [-0.15, -0.1) is 0 Å². The van der Waals surface area contributed by atoms with Crippen molar-refractivity contribution < 1.29 is 38.1 Å². The van der Waals surface area contributed by atoms with Gasteiger partial charge in [0.1, 0.15) is 17.4 Å². The van der Waals surface area contributed by atoms with Crippen molar-refractivity contribution in [2.24, 2.45) is 4.99 Å². The summed E-state index contributed by atoms with van der Waals surface area (Å²) in [6.45, 7) is 1.77. The Hall–Kier alpha value is -4.98. The van der Waals surface area contributed by atoms with Crippen LogP contribution in [0, 0.1) is 12.7 Å². The van der Waals surface area contributed by atoms with Gasteiger partial charge in [-0.2, -0.15) is 0 Å². The van der Waals surface area contributed by atoms with E-state index in [-0.39, 0.29) is 47.5 Å². The lowest BCUT2D eigenvalue weighted by molar-refractivity contribution is -0.132. The second kappa shape index (κ2) is 15.3. The molecule has 0 saturated heterocycles. The number of rotatable bonds is 8. The summed E-state index contributed by atoms with van der Waals surface area (Å²) in [7, 11) is 2.87. The highest BCUT2D eigenvalue weighted by Gasteiger charge is 2.28. The molecule has 4 rings (SSSR count). The van der Waals surface area contributed by atoms with Crippen molar-refractivity contribution in [1.82, 2.24) is 14.9 Å². The van der Waals surface area contributed by atoms with E-state index in [1.54, 1.807) is 25.4 Å². The summed E-state index contributed by atoms with van der Waals surface area (Å²) >= 11 is 5.76. The van der Waals surface area contributed by atoms with E-state index in [0.29, 0.717) is 54.1 Å². The number of hydrogen-bond donors (Lipinski definition) is 4. The minimum absolute atomic E-state index is 0.00898. The number of anilines is 2. The van der Waals surface area contributed by atoms with Gasteiger partial charge in [0.25, 0.3) is 0 Å². The van der Waals surface area contributed by atoms with Crippen LogP contribution in [0.15, 0.2) is 41.5 Å². The van der Waals surface area contributed by atoms with Crippen LogP contribution in [-0.4, -0.2) is 77.1 Å². The Balaban J connectivity index is 1.44. The van der Waals surface area contributed by atoms with E-state index in [0.717, 1.165) is 0 Å². The maximum absolute atomic E-state index is 14.0. The Morgan fingerprint density at radius 1 is 1.15 bits per heavy atom. The molecule has 3 aromatic rings. The lowest BCUT2D eigenvalue weighted by atomic mass is 9.97. The van der Waals surface area contributed by atoms with Crippen LogP contribution in [0.5, 0.6) is 0 Å². The molecule has 3 amide bonds. The van der Waals surface area contributed by atoms with Gasteiger partial charge in [0.15, 0.2) is 0 Å². The molecule has 0 spiro atoms. The van der Waals surface area contributed by atoms with Crippen molar-refractivity contribution in [3.63, 3.8) is 0 Å². The van der Waals surface area contributed by atoms with Crippen molar-refractivity contribution in [2.45, 2.75) is 44.9 Å². The fourth-order valence-electron chi connectivity index (χ4n) is 4.90. The van der Waals surface area contributed by atoms with E-state index in [2.05, 4.69) is 30.3 Å². The van der Waals surface area contributed by atoms with Crippen LogP contribution >= 0.6 is 11.6 Å². The molecule has 1 aliphatic rings. The number of likely N-dealkylation sites (N-methyl/N-ethyl adjacent to an activating group) is 1. The maximum atomic E-state index is 14.0. The number of aliphatic imine (C=N–C) groups is 1. The summed E-state index contributed by atoms with van der Waals surface area (Å²) in [5, 5.41) is 14.8. The van der Waals surface area contributed by atoms with Gasteiger partial charge in [0, 0.05) is 36.1 Å². The lowest BCUT2D eigenvalue weighted by Crippen LogP contribution is -2.34. The molecule has 1 aliphatic heterocycles. The van der Waals surface area contributed by atoms with Gasteiger partial charge in [-0.05, 0) is 62.9 Å². The molecule has 2 heterocycles. The number of ether oxygens (including phenoxy) is 2. The SMILES string of the molecule is COC(=O)Nc1ccc2c(c1)N=C(C(=O)O)CCCCC(C(=O)N(C)CCCOC(=O)Nc1ccc(Cl)c(F)c1C)c1ncc-2[nH]1. The monoisotopic (exact) mass is 656 g/mol. The van der Waals surface area contributed by atoms with Crippen molar-refractivity contribution in [1.29, 1.82) is 0 Å². The third-order valence-electron chi connectivity index (χ3n) is 7.43. The Morgan fingerprint density at radius 2 is 1.93 bits per heavy atom. The topological polar surface area (TPSA) is 175 Å². The maximum Gasteiger partial charge on any atom is 0.411 e. The molecule has 2 aromatic carbocycles. The van der Waals surface area contributed by atoms with Crippen LogP contribution in [-0.2, 0) is 19.1 Å². The largest absolute Gasteiger partial charge is 0.477 e. The second-order valence-corrected chi connectivity index (χ2v) is 11.0. The van der Waals surface area contributed by atoms with Crippen molar-refractivity contribution in [2.75, 3.05) is 37.9 Å². The molecule has 13 nitrogen and oxygen atoms in total. The number of carboxylic acid groups (broad SMARTS) is 1. The van der Waals surface area contributed by atoms with Crippen molar-refractivity contribution in [3.05, 3.63) is 58.8 Å². The highest BCUT2D eigenvalue weighted by Crippen LogP contribution is 2.35. The number of nitrogens with zero attached hydrogens (tertiary/aromatic N) is 3. The smallest absolute Gasteiger partial charge is 0.411 e. The fourth-order valence-corrected chi connectivity index (χ4v) is 5.10. The molecule has 2 bridgehead atoms. The van der Waals surface area contributed by atoms with E-state index < -0.39 is 29.9 Å². The van der Waals surface area contributed by atoms with Crippen molar-refractivity contribution >= 4 is 58.4 Å². The van der Waals surface area contributed by atoms with Gasteiger partial charge in [-0.25, -0.2) is 28.8 Å². The molecule has 15 heteroatoms. The van der Waals surface area contributed by atoms with E-state index in [1.807, 2.05) is 0 Å². The molecule has 0 fully saturated rings. The number of methoxy groups -OCH3 is 1. The number of H-pyrrole nitrogens is 1. The average molecular weight is 657 g/mol. The zero-order chi connectivity index (χ0) is 33.4. The van der Waals surface area contributed by atoms with Gasteiger partial charge in [-0.1, -0.05) is 18.0 Å². The van der Waals surface area contributed by atoms with Crippen LogP contribution in [0.25, 0.3) is 11.3 Å². The summed E-state index contributed by atoms with van der Waals surface area (Å²) in [6, 6.07) is 7.63. The van der Waals surface area contributed by atoms with Crippen molar-refractivity contribution in [3.8, 4) is 11.3 Å². The third-order valence-corrected chi connectivity index (χ3v) is 7.72. The Labute approximate surface area is 269 Å². The number of imidazole rings is 1. The molecule has 1 unspecified atom stereocenters. The number of aromatic amines is 1. The fraction of sp³-hybridized carbons (Fsp3) is 0.355. The number of carbonyl (C=O) groups is 4. The first-order valence-corrected chi connectivity index (χ1v) is 14.8. The van der Waals surface area contributed by atoms with Gasteiger partial charge in [0.2, 0.25) is 5.91 Å². The number of carboxylic acids is 1. The summed E-state index contributed by atoms with van der Waals surface area (Å²) in [5.41, 5.74) is 2.06. The standard InChI is InChI=1S/C31H34ClFN6O7/c1-17-22(12-11-21(32)26(17)33)38-31(44)46-14-6-13-39(2)28(40)20-7-4-5-8-23(29(41)42)36-24-15-18(35-30(43)45-3)9-10-19(24)25-16-34-27(20)37-25/h9-12,15-16,20H,4-8,13-14H2,1-3H3,(H,34,37)(H,35,43)(H,38,44)(H,41,42). The van der Waals surface area contributed by atoms with Crippen LogP contribution in [0.3, 0.4) is 0 Å². The summed E-state index contributed by atoms with van der Waals surface area (Å²) < 4.78 is 23.9. The number of nitrogens with one attached hydrogen (secondary N) is 3. The average Bonchev–Trinajstić information content (AvgIpc) is 3.51. The van der Waals surface area contributed by atoms with E-state index in [9.17, 15) is 28.7 Å². The highest BCUT2D eigenvalue weighted by molar-refractivity contribution is 6.36. The van der Waals surface area contributed by atoms with Gasteiger partial charge >= 0.3 is 18.2 Å². The minimum atomic E-state index is -1.17. The van der Waals surface area contributed by atoms with Crippen LogP contribution in [0.1, 0.15) is 49.4 Å². The number of halogens is 2. The van der Waals surface area contributed by atoms with Crippen LogP contribution in [0.2, 0.25) is 5.02 Å². The Kier molecular flexibility index (Phi) is 11.3. The molecule has 0 radical (unpaired) electrons. The van der Waals surface area contributed by atoms with E-state index >= 15 is 0 Å². The molecular formula is C31H34ClFN6O7. The first-order chi connectivity index (χ1) is 22.0. The van der Waals surface area contributed by atoms with Crippen LogP contribution in [0.4, 0.5) is 31.0 Å². The lowest BCUT2D eigenvalue weighted by Gasteiger charge is -2.23. The summed E-state index contributed by atoms with van der Waals surface area (Å²) in [4.78, 5) is 63.2. The first-order valence-electron chi connectivity index (χ1n) is 14.5. The third kappa shape index (κ3) is 8.38. The normalized spacial score (nSPS) is 14.5. The molecule has 1 aromatic heterocycles. The molecule has 46 heavy (non-hydrogen) atoms. The van der Waals surface area contributed by atoms with E-state index in [1.165, 1.54) is 37.1 Å². The molecule has 1 atom stereocenters. The highest BCUT2D eigenvalue weighted by atomic mass is 35.5. The predicted molar refractivity (Wildman–Crippen MR) is 169 cm³/mol. The van der Waals surface area contributed by atoms with Gasteiger partial charge < -0.3 is 24.5 Å². The Morgan fingerprint density at radius 3 is 2.67 bits per heavy atom. The number of aliphatic carboxylic acids is 1. The number of fused-ring (bicyclic) bond motifs is 4. The minimum Gasteiger partial charge on any atom is -0.477 e. The molecule has 4 N–H and O–H groups in total. The quantitative estimate of drug-likeness (QED) is 0.205. The molecule has 0 saturated carbocycles. The summed E-state index contributed by atoms with van der Waals surface area (Å²) in [5.74, 6) is -2.20. The number of carbonyl (C=O) groups excluding carboxylic acids is 3.